The van der Waals surface area contributed by atoms with Crippen LogP contribution in [0, 0.1) is 0 Å². The van der Waals surface area contributed by atoms with Crippen LogP contribution >= 0.6 is 0 Å². The average Bonchev–Trinajstić information content (AvgIpc) is 3.67. The molecule has 0 aliphatic carbocycles. The maximum absolute atomic E-state index is 2.60. The second-order valence-corrected chi connectivity index (χ2v) is 12.5. The third-order valence-corrected chi connectivity index (χ3v) is 10.6. The molecule has 4 heterocycles. The van der Waals surface area contributed by atoms with Crippen molar-refractivity contribution in [2.75, 3.05) is 0 Å². The van der Waals surface area contributed by atoms with Gasteiger partial charge in [-0.3, -0.25) is 0 Å². The van der Waals surface area contributed by atoms with Gasteiger partial charge in [-0.15, -0.1) is 0 Å². The Kier molecular flexibility index (Phi) is 3.41. The van der Waals surface area contributed by atoms with Crippen molar-refractivity contribution >= 4 is 93.4 Å². The van der Waals surface area contributed by atoms with E-state index in [1.807, 2.05) is 0 Å². The van der Waals surface area contributed by atoms with Crippen LogP contribution in [0.2, 0.25) is 0 Å². The topological polar surface area (TPSA) is 9.86 Å². The molecule has 0 saturated heterocycles. The van der Waals surface area contributed by atoms with E-state index in [4.69, 9.17) is 0 Å². The monoisotopic (exact) mass is 540 g/mol. The molecule has 0 atom stereocenters. The number of aromatic nitrogens is 2. The predicted octanol–water partition coefficient (Wildman–Crippen LogP) is 8.74. The van der Waals surface area contributed by atoms with Gasteiger partial charge in [0.25, 0.3) is 0 Å². The van der Waals surface area contributed by atoms with Crippen LogP contribution in [0.25, 0.3) is 92.5 Å². The molecule has 0 spiro atoms. The van der Waals surface area contributed by atoms with Gasteiger partial charge in [0.2, 0.25) is 0 Å². The Morgan fingerprint density at radius 2 is 1.09 bits per heavy atom. The van der Waals surface area contributed by atoms with Crippen LogP contribution in [-0.4, -0.2) is 15.9 Å². The fraction of sp³-hybridized carbons (Fsp3) is 0. The Hall–Kier alpha value is -5.54. The summed E-state index contributed by atoms with van der Waals surface area (Å²) in [6.45, 7) is 0.0779. The molecule has 2 aliphatic rings. The summed E-state index contributed by atoms with van der Waals surface area (Å²) in [6, 6.07) is 43.6. The molecule has 0 N–H and O–H groups in total. The highest BCUT2D eigenvalue weighted by Crippen LogP contribution is 2.48. The number of rotatable bonds is 0. The molecule has 2 nitrogen and oxygen atoms in total. The first-order valence-corrected chi connectivity index (χ1v) is 15.1. The van der Waals surface area contributed by atoms with E-state index in [1.54, 1.807) is 0 Å². The van der Waals surface area contributed by atoms with Crippen molar-refractivity contribution < 1.29 is 0 Å². The summed E-state index contributed by atoms with van der Waals surface area (Å²) >= 11 is 0. The molecule has 0 fully saturated rings. The lowest BCUT2D eigenvalue weighted by atomic mass is 9.44. The summed E-state index contributed by atoms with van der Waals surface area (Å²) in [4.78, 5) is 0. The number of nitrogens with zero attached hydrogens (tertiary/aromatic N) is 2. The first kappa shape index (κ1) is 21.2. The normalized spacial score (nSPS) is 13.5. The SMILES string of the molecule is c1ccc2c3c4c(ccn4B4c5c-3c3ccc6cccc7ccc(c5-n5ccc8cc9ccccc9c4c85)c3c67)cc2c1. The highest BCUT2D eigenvalue weighted by molar-refractivity contribution is 6.91. The van der Waals surface area contributed by atoms with Crippen LogP contribution in [0.5, 0.6) is 0 Å². The maximum atomic E-state index is 2.60. The Morgan fingerprint density at radius 1 is 0.419 bits per heavy atom. The minimum absolute atomic E-state index is 0.0779. The van der Waals surface area contributed by atoms with E-state index >= 15 is 0 Å². The van der Waals surface area contributed by atoms with Gasteiger partial charge in [0.1, 0.15) is 0 Å². The lowest BCUT2D eigenvalue weighted by Crippen LogP contribution is -2.55. The fourth-order valence-corrected chi connectivity index (χ4v) is 9.06. The highest BCUT2D eigenvalue weighted by atomic mass is 15.0. The first-order chi connectivity index (χ1) is 21.3. The van der Waals surface area contributed by atoms with E-state index in [0.717, 1.165) is 0 Å². The molecule has 2 aliphatic heterocycles. The van der Waals surface area contributed by atoms with Crippen molar-refractivity contribution in [2.24, 2.45) is 0 Å². The van der Waals surface area contributed by atoms with Gasteiger partial charge in [-0.25, -0.2) is 0 Å². The summed E-state index contributed by atoms with van der Waals surface area (Å²) in [6.07, 6.45) is 4.67. The quantitative estimate of drug-likeness (QED) is 0.135. The van der Waals surface area contributed by atoms with Crippen LogP contribution in [0.4, 0.5) is 0 Å². The Labute approximate surface area is 246 Å². The summed E-state index contributed by atoms with van der Waals surface area (Å²) in [5.74, 6) is 0. The zero-order valence-corrected chi connectivity index (χ0v) is 23.1. The predicted molar refractivity (Wildman–Crippen MR) is 183 cm³/mol. The summed E-state index contributed by atoms with van der Waals surface area (Å²) in [5.41, 5.74) is 9.63. The van der Waals surface area contributed by atoms with Gasteiger partial charge in [0.15, 0.2) is 0 Å². The second-order valence-electron chi connectivity index (χ2n) is 12.5. The lowest BCUT2D eigenvalue weighted by molar-refractivity contribution is 1.14. The Bertz CT molecular complexity index is 2890. The number of benzene rings is 8. The van der Waals surface area contributed by atoms with Gasteiger partial charge in [0.05, 0.1) is 11.2 Å². The van der Waals surface area contributed by atoms with E-state index in [2.05, 4.69) is 137 Å². The van der Waals surface area contributed by atoms with E-state index in [9.17, 15) is 0 Å². The molecule has 3 heteroatoms. The zero-order chi connectivity index (χ0) is 27.6. The van der Waals surface area contributed by atoms with E-state index in [1.165, 1.54) is 103 Å². The van der Waals surface area contributed by atoms with Gasteiger partial charge >= 0.3 is 6.85 Å². The lowest BCUT2D eigenvalue weighted by Gasteiger charge is -2.36. The van der Waals surface area contributed by atoms with Gasteiger partial charge in [-0.2, -0.15) is 0 Å². The molecule has 194 valence electrons. The van der Waals surface area contributed by atoms with E-state index < -0.39 is 0 Å². The summed E-state index contributed by atoms with van der Waals surface area (Å²) < 4.78 is 5.12. The third kappa shape index (κ3) is 2.26. The van der Waals surface area contributed by atoms with Crippen LogP contribution in [0.3, 0.4) is 0 Å². The molecule has 2 aromatic heterocycles. The molecule has 12 rings (SSSR count). The van der Waals surface area contributed by atoms with Crippen LogP contribution in [0.15, 0.2) is 128 Å². The van der Waals surface area contributed by atoms with Crippen LogP contribution < -0.4 is 10.9 Å². The first-order valence-electron chi connectivity index (χ1n) is 15.1. The number of fused-ring (bicyclic) bond motifs is 10. The third-order valence-electron chi connectivity index (χ3n) is 10.6. The van der Waals surface area contributed by atoms with Crippen LogP contribution in [-0.2, 0) is 0 Å². The molecule has 0 radical (unpaired) electrons. The van der Waals surface area contributed by atoms with Crippen molar-refractivity contribution in [2.45, 2.75) is 0 Å². The molecule has 0 unspecified atom stereocenters. The maximum Gasteiger partial charge on any atom is 0.333 e. The molecule has 0 bridgehead atoms. The highest BCUT2D eigenvalue weighted by Gasteiger charge is 2.42. The molecule has 0 amide bonds. The standard InChI is InChI=1S/C40H21BN2/c1-3-10-28-24(6-1)20-26-17-19-43-38(26)35(28)34-30-14-12-22-8-5-9-23-13-15-31(33(30)32(22)23)40-37(34)41(43)36-29-11-4-2-7-25(29)21-27-16-18-42(40)39(27)36/h1-21H. The van der Waals surface area contributed by atoms with Crippen molar-refractivity contribution in [3.8, 4) is 16.8 Å². The van der Waals surface area contributed by atoms with Crippen molar-refractivity contribution in [3.05, 3.63) is 128 Å². The van der Waals surface area contributed by atoms with Gasteiger partial charge in [0, 0.05) is 33.4 Å². The van der Waals surface area contributed by atoms with Gasteiger partial charge in [-0.1, -0.05) is 91.0 Å². The molecule has 0 saturated carbocycles. The molecule has 8 aromatic carbocycles. The molecule has 43 heavy (non-hydrogen) atoms. The average molecular weight is 540 g/mol. The molecule has 10 aromatic rings. The van der Waals surface area contributed by atoms with Gasteiger partial charge < -0.3 is 9.05 Å². The Morgan fingerprint density at radius 3 is 1.93 bits per heavy atom. The van der Waals surface area contributed by atoms with Crippen molar-refractivity contribution in [3.63, 3.8) is 0 Å². The minimum atomic E-state index is 0.0779. The minimum Gasteiger partial charge on any atom is -0.382 e. The second kappa shape index (κ2) is 6.91. The number of hydrogen-bond donors (Lipinski definition) is 0. The zero-order valence-electron chi connectivity index (χ0n) is 23.1. The fourth-order valence-electron chi connectivity index (χ4n) is 9.06. The summed E-state index contributed by atoms with van der Waals surface area (Å²) in [7, 11) is 0. The van der Waals surface area contributed by atoms with Crippen molar-refractivity contribution in [1.82, 2.24) is 9.05 Å². The smallest absolute Gasteiger partial charge is 0.333 e. The van der Waals surface area contributed by atoms with Crippen molar-refractivity contribution in [1.29, 1.82) is 0 Å². The molecular formula is C40H21BN2. The molecular weight excluding hydrogens is 519 g/mol. The van der Waals surface area contributed by atoms with Gasteiger partial charge in [-0.05, 0) is 95.4 Å². The van der Waals surface area contributed by atoms with E-state index in [-0.39, 0.29) is 6.85 Å². The van der Waals surface area contributed by atoms with Crippen LogP contribution in [0.1, 0.15) is 0 Å². The summed E-state index contributed by atoms with van der Waals surface area (Å²) in [5, 5.41) is 16.0. The van der Waals surface area contributed by atoms with E-state index in [0.29, 0.717) is 0 Å². The largest absolute Gasteiger partial charge is 0.382 e. The Balaban J connectivity index is 1.45. The number of hydrogen-bond acceptors (Lipinski definition) is 0.